The van der Waals surface area contributed by atoms with Crippen molar-refractivity contribution in [2.24, 2.45) is 4.99 Å². The molecule has 1 heterocycles. The maximum Gasteiger partial charge on any atom is 0.126 e. The van der Waals surface area contributed by atoms with Crippen molar-refractivity contribution >= 4 is 17.4 Å². The predicted molar refractivity (Wildman–Crippen MR) is 119 cm³/mol. The summed E-state index contributed by atoms with van der Waals surface area (Å²) in [4.78, 5) is 9.01. The highest BCUT2D eigenvalue weighted by atomic mass is 19.1. The molecule has 152 valence electrons. The van der Waals surface area contributed by atoms with Gasteiger partial charge in [0.05, 0.1) is 6.54 Å². The second-order valence-electron chi connectivity index (χ2n) is 7.27. The molecular formula is C24H29FN4. The summed E-state index contributed by atoms with van der Waals surface area (Å²) in [5.41, 5.74) is 2.77. The topological polar surface area (TPSA) is 49.3 Å². The van der Waals surface area contributed by atoms with Crippen LogP contribution in [-0.2, 0) is 6.54 Å². The molecule has 1 aliphatic carbocycles. The van der Waals surface area contributed by atoms with Gasteiger partial charge in [0.15, 0.2) is 0 Å². The molecule has 2 N–H and O–H groups in total. The summed E-state index contributed by atoms with van der Waals surface area (Å²) in [6, 6.07) is 11.0. The van der Waals surface area contributed by atoms with Crippen LogP contribution in [0.4, 0.5) is 10.2 Å². The van der Waals surface area contributed by atoms with E-state index in [4.69, 9.17) is 0 Å². The first-order chi connectivity index (χ1) is 14.2. The lowest BCUT2D eigenvalue weighted by Gasteiger charge is -2.23. The largest absolute Gasteiger partial charge is 0.367 e. The summed E-state index contributed by atoms with van der Waals surface area (Å²) in [7, 11) is 0. The molecule has 0 radical (unpaired) electrons. The molecule has 0 aliphatic heterocycles. The van der Waals surface area contributed by atoms with Gasteiger partial charge in [-0.15, -0.1) is 0 Å². The van der Waals surface area contributed by atoms with Gasteiger partial charge in [-0.2, -0.15) is 0 Å². The zero-order chi connectivity index (χ0) is 20.5. The number of amidine groups is 1. The van der Waals surface area contributed by atoms with Crippen molar-refractivity contribution in [3.63, 3.8) is 0 Å². The van der Waals surface area contributed by atoms with E-state index in [1.54, 1.807) is 12.1 Å². The van der Waals surface area contributed by atoms with Gasteiger partial charge >= 0.3 is 0 Å². The quantitative estimate of drug-likeness (QED) is 0.469. The van der Waals surface area contributed by atoms with E-state index >= 15 is 0 Å². The molecule has 1 aliphatic rings. The monoisotopic (exact) mass is 392 g/mol. The second kappa shape index (κ2) is 10.6. The smallest absolute Gasteiger partial charge is 0.126 e. The van der Waals surface area contributed by atoms with E-state index in [1.807, 2.05) is 31.3 Å². The number of aromatic nitrogens is 1. The van der Waals surface area contributed by atoms with E-state index in [1.165, 1.54) is 44.2 Å². The average Bonchev–Trinajstić information content (AvgIpc) is 2.75. The first-order valence-corrected chi connectivity index (χ1v) is 10.3. The Labute approximate surface area is 172 Å². The number of pyridine rings is 1. The number of hydrogen-bond donors (Lipinski definition) is 2. The molecule has 0 unspecified atom stereocenters. The predicted octanol–water partition coefficient (Wildman–Crippen LogP) is 5.70. The van der Waals surface area contributed by atoms with Crippen molar-refractivity contribution in [3.05, 3.63) is 78.3 Å². The first kappa shape index (κ1) is 20.8. The van der Waals surface area contributed by atoms with Crippen molar-refractivity contribution in [1.82, 2.24) is 10.3 Å². The molecule has 29 heavy (non-hydrogen) atoms. The van der Waals surface area contributed by atoms with Crippen LogP contribution in [0.5, 0.6) is 0 Å². The number of nitrogens with zero attached hydrogens (tertiary/aromatic N) is 2. The number of rotatable bonds is 7. The lowest BCUT2D eigenvalue weighted by atomic mass is 9.95. The van der Waals surface area contributed by atoms with Crippen LogP contribution in [0, 0.1) is 5.82 Å². The van der Waals surface area contributed by atoms with E-state index in [0.29, 0.717) is 18.4 Å². The third kappa shape index (κ3) is 6.28. The van der Waals surface area contributed by atoms with Crippen LogP contribution in [0.25, 0.3) is 5.70 Å². The zero-order valence-corrected chi connectivity index (χ0v) is 17.0. The fourth-order valence-electron chi connectivity index (χ4n) is 3.55. The van der Waals surface area contributed by atoms with Gasteiger partial charge in [0.25, 0.3) is 0 Å². The maximum atomic E-state index is 13.4. The van der Waals surface area contributed by atoms with Gasteiger partial charge in [-0.3, -0.25) is 4.99 Å². The third-order valence-corrected chi connectivity index (χ3v) is 5.09. The normalized spacial score (nSPS) is 15.8. The lowest BCUT2D eigenvalue weighted by Crippen LogP contribution is -2.23. The number of aliphatic imine (C=N–C) groups is 1. The highest BCUT2D eigenvalue weighted by Crippen LogP contribution is 2.22. The van der Waals surface area contributed by atoms with Gasteiger partial charge in [0.1, 0.15) is 17.5 Å². The van der Waals surface area contributed by atoms with Crippen LogP contribution in [-0.4, -0.2) is 16.9 Å². The summed E-state index contributed by atoms with van der Waals surface area (Å²) in [5, 5.41) is 6.90. The molecular weight excluding hydrogens is 363 g/mol. The second-order valence-corrected chi connectivity index (χ2v) is 7.27. The number of anilines is 1. The summed E-state index contributed by atoms with van der Waals surface area (Å²) >= 11 is 0. The molecule has 2 aromatic rings. The number of halogens is 1. The van der Waals surface area contributed by atoms with E-state index < -0.39 is 0 Å². The SMILES string of the molecule is C=CC(=NCc1cccc(F)c1)N/C(=C\C)c1ccnc(NC2CCCCC2)c1. The minimum Gasteiger partial charge on any atom is -0.367 e. The Morgan fingerprint density at radius 1 is 1.24 bits per heavy atom. The Balaban J connectivity index is 1.68. The van der Waals surface area contributed by atoms with Crippen molar-refractivity contribution in [2.75, 3.05) is 5.32 Å². The standard InChI is InChI=1S/C24H29FN4/c1-3-22(29-23(4-2)27-17-18-9-8-10-20(25)15-18)19-13-14-26-24(16-19)28-21-11-6-5-7-12-21/h3-4,8-10,13-16,21H,2,5-7,11-12,17H2,1H3,(H,26,28)(H,27,29)/b22-3-. The first-order valence-electron chi connectivity index (χ1n) is 10.3. The van der Waals surface area contributed by atoms with Crippen molar-refractivity contribution in [3.8, 4) is 0 Å². The summed E-state index contributed by atoms with van der Waals surface area (Å²) in [6.07, 6.45) is 11.8. The molecule has 0 spiro atoms. The number of hydrogen-bond acceptors (Lipinski definition) is 3. The van der Waals surface area contributed by atoms with Gasteiger partial charge in [-0.25, -0.2) is 9.37 Å². The van der Waals surface area contributed by atoms with Crippen molar-refractivity contribution in [1.29, 1.82) is 0 Å². The minimum absolute atomic E-state index is 0.255. The van der Waals surface area contributed by atoms with Crippen LogP contribution < -0.4 is 10.6 Å². The van der Waals surface area contributed by atoms with Gasteiger partial charge in [-0.05, 0) is 55.7 Å². The van der Waals surface area contributed by atoms with E-state index in [-0.39, 0.29) is 5.82 Å². The molecule has 0 bridgehead atoms. The summed E-state index contributed by atoms with van der Waals surface area (Å²) < 4.78 is 13.4. The van der Waals surface area contributed by atoms with Crippen LogP contribution in [0.1, 0.15) is 50.2 Å². The fourth-order valence-corrected chi connectivity index (χ4v) is 3.55. The average molecular weight is 393 g/mol. The minimum atomic E-state index is -0.255. The third-order valence-electron chi connectivity index (χ3n) is 5.09. The van der Waals surface area contributed by atoms with E-state index in [0.717, 1.165) is 22.6 Å². The Hall–Kier alpha value is -2.95. The number of benzene rings is 1. The van der Waals surface area contributed by atoms with Gasteiger partial charge < -0.3 is 10.6 Å². The molecule has 1 saturated carbocycles. The highest BCUT2D eigenvalue weighted by Gasteiger charge is 2.14. The van der Waals surface area contributed by atoms with Crippen LogP contribution in [0.3, 0.4) is 0 Å². The van der Waals surface area contributed by atoms with Crippen molar-refractivity contribution in [2.45, 2.75) is 51.6 Å². The van der Waals surface area contributed by atoms with E-state index in [9.17, 15) is 4.39 Å². The molecule has 4 nitrogen and oxygen atoms in total. The Morgan fingerprint density at radius 3 is 2.79 bits per heavy atom. The van der Waals surface area contributed by atoms with Crippen LogP contribution >= 0.6 is 0 Å². The molecule has 1 fully saturated rings. The van der Waals surface area contributed by atoms with Crippen molar-refractivity contribution < 1.29 is 4.39 Å². The maximum absolute atomic E-state index is 13.4. The summed E-state index contributed by atoms with van der Waals surface area (Å²) in [5.74, 6) is 1.28. The number of nitrogens with one attached hydrogen (secondary N) is 2. The molecule has 0 amide bonds. The van der Waals surface area contributed by atoms with E-state index in [2.05, 4.69) is 33.3 Å². The molecule has 0 saturated heterocycles. The lowest BCUT2D eigenvalue weighted by molar-refractivity contribution is 0.462. The Morgan fingerprint density at radius 2 is 2.07 bits per heavy atom. The molecule has 1 aromatic heterocycles. The van der Waals surface area contributed by atoms with Gasteiger partial charge in [-0.1, -0.05) is 44.1 Å². The van der Waals surface area contributed by atoms with Crippen LogP contribution in [0.2, 0.25) is 0 Å². The Bertz CT molecular complexity index is 882. The molecule has 0 atom stereocenters. The van der Waals surface area contributed by atoms with Crippen LogP contribution in [0.15, 0.2) is 66.3 Å². The number of allylic oxidation sites excluding steroid dienone is 1. The fraction of sp³-hybridized carbons (Fsp3) is 0.333. The molecule has 3 rings (SSSR count). The Kier molecular flexibility index (Phi) is 7.56. The summed E-state index contributed by atoms with van der Waals surface area (Å²) in [6.45, 7) is 6.21. The highest BCUT2D eigenvalue weighted by molar-refractivity contribution is 5.98. The van der Waals surface area contributed by atoms with Gasteiger partial charge in [0.2, 0.25) is 0 Å². The molecule has 1 aromatic carbocycles. The van der Waals surface area contributed by atoms with Gasteiger partial charge in [0, 0.05) is 23.5 Å². The molecule has 5 heteroatoms. The zero-order valence-electron chi connectivity index (χ0n) is 17.0.